The Hall–Kier alpha value is -1.11. The highest BCUT2D eigenvalue weighted by atomic mass is 28.4. The van der Waals surface area contributed by atoms with Crippen LogP contribution in [0, 0.1) is 0 Å². The van der Waals surface area contributed by atoms with E-state index in [1.54, 1.807) is 0 Å². The zero-order valence-electron chi connectivity index (χ0n) is 14.4. The molecule has 4 heteroatoms. The van der Waals surface area contributed by atoms with Crippen molar-refractivity contribution < 1.29 is 9.22 Å². The van der Waals surface area contributed by atoms with Crippen LogP contribution in [0.4, 0.5) is 0 Å². The Morgan fingerprint density at radius 3 is 2.18 bits per heavy atom. The van der Waals surface area contributed by atoms with E-state index < -0.39 is 16.6 Å². The van der Waals surface area contributed by atoms with E-state index in [2.05, 4.69) is 44.9 Å². The SMILES string of the molecule is C[Si](C)(C)O[Si](C)(C)CCCc1ccc(O)c2ccccc12. The van der Waals surface area contributed by atoms with E-state index in [1.165, 1.54) is 17.0 Å². The summed E-state index contributed by atoms with van der Waals surface area (Å²) in [6.07, 6.45) is 2.20. The van der Waals surface area contributed by atoms with Crippen LogP contribution in [-0.2, 0) is 10.5 Å². The highest BCUT2D eigenvalue weighted by Gasteiger charge is 2.28. The van der Waals surface area contributed by atoms with Gasteiger partial charge < -0.3 is 9.22 Å². The molecule has 1 N–H and O–H groups in total. The van der Waals surface area contributed by atoms with Gasteiger partial charge in [0.1, 0.15) is 5.75 Å². The number of aromatic hydroxyl groups is 1. The molecule has 0 aliphatic heterocycles. The van der Waals surface area contributed by atoms with Crippen molar-refractivity contribution in [1.29, 1.82) is 0 Å². The lowest BCUT2D eigenvalue weighted by atomic mass is 10.0. The molecule has 0 fully saturated rings. The highest BCUT2D eigenvalue weighted by molar-refractivity contribution is 6.84. The third kappa shape index (κ3) is 4.70. The maximum Gasteiger partial charge on any atom is 0.173 e. The molecule has 0 spiro atoms. The molecule has 0 heterocycles. The van der Waals surface area contributed by atoms with Gasteiger partial charge in [-0.3, -0.25) is 0 Å². The summed E-state index contributed by atoms with van der Waals surface area (Å²) in [4.78, 5) is 0. The number of hydrogen-bond acceptors (Lipinski definition) is 2. The summed E-state index contributed by atoms with van der Waals surface area (Å²) in [5, 5.41) is 12.1. The minimum absolute atomic E-state index is 0.371. The summed E-state index contributed by atoms with van der Waals surface area (Å²) in [5.74, 6) is 0.371. The van der Waals surface area contributed by atoms with Gasteiger partial charge in [-0.2, -0.15) is 0 Å². The van der Waals surface area contributed by atoms with Crippen molar-refractivity contribution in [2.75, 3.05) is 0 Å². The number of rotatable bonds is 6. The van der Waals surface area contributed by atoms with E-state index in [1.807, 2.05) is 24.3 Å². The molecule has 22 heavy (non-hydrogen) atoms. The summed E-state index contributed by atoms with van der Waals surface area (Å²) >= 11 is 0. The van der Waals surface area contributed by atoms with Crippen molar-refractivity contribution in [3.05, 3.63) is 42.0 Å². The Morgan fingerprint density at radius 1 is 0.909 bits per heavy atom. The average Bonchev–Trinajstić information content (AvgIpc) is 2.39. The van der Waals surface area contributed by atoms with E-state index in [4.69, 9.17) is 4.12 Å². The standard InChI is InChI=1S/C18H28O2Si2/c1-21(2,3)20-22(4,5)14-8-9-15-12-13-18(19)17-11-7-6-10-16(15)17/h6-7,10-13,19H,8-9,14H2,1-5H3. The van der Waals surface area contributed by atoms with Gasteiger partial charge in [-0.15, -0.1) is 0 Å². The molecule has 2 nitrogen and oxygen atoms in total. The molecule has 120 valence electrons. The first kappa shape index (κ1) is 17.3. The van der Waals surface area contributed by atoms with E-state index in [-0.39, 0.29) is 0 Å². The number of phenolic OH excluding ortho intramolecular Hbond substituents is 1. The first-order chi connectivity index (χ1) is 10.2. The third-order valence-electron chi connectivity index (χ3n) is 3.80. The minimum Gasteiger partial charge on any atom is -0.507 e. The molecule has 0 atom stereocenters. The zero-order chi connectivity index (χ0) is 16.4. The second kappa shape index (κ2) is 6.56. The Balaban J connectivity index is 2.05. The smallest absolute Gasteiger partial charge is 0.173 e. The second-order valence-electron chi connectivity index (χ2n) is 7.62. The predicted octanol–water partition coefficient (Wildman–Crippen LogP) is 5.53. The van der Waals surface area contributed by atoms with Gasteiger partial charge in [-0.1, -0.05) is 30.3 Å². The van der Waals surface area contributed by atoms with Crippen molar-refractivity contribution in [3.8, 4) is 5.75 Å². The molecule has 2 aromatic rings. The molecule has 0 bridgehead atoms. The lowest BCUT2D eigenvalue weighted by Crippen LogP contribution is -2.42. The van der Waals surface area contributed by atoms with Crippen molar-refractivity contribution in [2.45, 2.75) is 51.6 Å². The largest absolute Gasteiger partial charge is 0.507 e. The maximum absolute atomic E-state index is 9.97. The van der Waals surface area contributed by atoms with Gasteiger partial charge in [0.15, 0.2) is 16.6 Å². The molecule has 0 aliphatic carbocycles. The van der Waals surface area contributed by atoms with Crippen molar-refractivity contribution >= 4 is 27.4 Å². The summed E-state index contributed by atoms with van der Waals surface area (Å²) in [6.45, 7) is 11.5. The van der Waals surface area contributed by atoms with Crippen LogP contribution in [0.25, 0.3) is 10.8 Å². The molecular formula is C18H28O2Si2. The predicted molar refractivity (Wildman–Crippen MR) is 101 cm³/mol. The van der Waals surface area contributed by atoms with Crippen LogP contribution < -0.4 is 0 Å². The topological polar surface area (TPSA) is 29.5 Å². The number of benzene rings is 2. The van der Waals surface area contributed by atoms with Gasteiger partial charge in [-0.25, -0.2) is 0 Å². The van der Waals surface area contributed by atoms with Crippen LogP contribution in [0.15, 0.2) is 36.4 Å². The van der Waals surface area contributed by atoms with Crippen LogP contribution in [0.1, 0.15) is 12.0 Å². The molecule has 0 radical (unpaired) electrons. The number of fused-ring (bicyclic) bond motifs is 1. The fraction of sp³-hybridized carbons (Fsp3) is 0.444. The van der Waals surface area contributed by atoms with Crippen LogP contribution in [0.3, 0.4) is 0 Å². The van der Waals surface area contributed by atoms with Crippen LogP contribution in [0.5, 0.6) is 5.75 Å². The molecule has 2 rings (SSSR count). The molecule has 2 aromatic carbocycles. The van der Waals surface area contributed by atoms with Gasteiger partial charge in [0, 0.05) is 5.39 Å². The lowest BCUT2D eigenvalue weighted by Gasteiger charge is -2.31. The molecule has 0 unspecified atom stereocenters. The molecule has 0 saturated heterocycles. The molecular weight excluding hydrogens is 304 g/mol. The van der Waals surface area contributed by atoms with Gasteiger partial charge in [-0.05, 0) is 68.6 Å². The Labute approximate surface area is 136 Å². The fourth-order valence-electron chi connectivity index (χ4n) is 3.15. The van der Waals surface area contributed by atoms with Crippen molar-refractivity contribution in [1.82, 2.24) is 0 Å². The minimum atomic E-state index is -1.56. The van der Waals surface area contributed by atoms with Gasteiger partial charge in [0.2, 0.25) is 0 Å². The van der Waals surface area contributed by atoms with Crippen LogP contribution in [-0.4, -0.2) is 21.7 Å². The van der Waals surface area contributed by atoms with Crippen molar-refractivity contribution in [3.63, 3.8) is 0 Å². The Kier molecular flexibility index (Phi) is 5.15. The third-order valence-corrected chi connectivity index (χ3v) is 10.0. The first-order valence-electron chi connectivity index (χ1n) is 8.08. The number of hydrogen-bond donors (Lipinski definition) is 1. The summed E-state index contributed by atoms with van der Waals surface area (Å²) in [7, 11) is -3.00. The Morgan fingerprint density at radius 2 is 1.55 bits per heavy atom. The highest BCUT2D eigenvalue weighted by Crippen LogP contribution is 2.29. The normalized spacial score (nSPS) is 12.8. The van der Waals surface area contributed by atoms with Crippen LogP contribution in [0.2, 0.25) is 38.8 Å². The van der Waals surface area contributed by atoms with Crippen molar-refractivity contribution in [2.24, 2.45) is 0 Å². The average molecular weight is 333 g/mol. The fourth-order valence-corrected chi connectivity index (χ4v) is 11.2. The van der Waals surface area contributed by atoms with E-state index in [0.29, 0.717) is 5.75 Å². The first-order valence-corrected chi connectivity index (χ1v) is 14.6. The molecule has 0 amide bonds. The molecule has 0 aromatic heterocycles. The summed E-state index contributed by atoms with van der Waals surface area (Å²) < 4.78 is 6.41. The zero-order valence-corrected chi connectivity index (χ0v) is 16.4. The van der Waals surface area contributed by atoms with Gasteiger partial charge in [0.25, 0.3) is 0 Å². The maximum atomic E-state index is 9.97. The van der Waals surface area contributed by atoms with Crippen LogP contribution >= 0.6 is 0 Å². The van der Waals surface area contributed by atoms with Gasteiger partial charge in [0.05, 0.1) is 0 Å². The van der Waals surface area contributed by atoms with E-state index in [9.17, 15) is 5.11 Å². The number of aryl methyl sites for hydroxylation is 1. The summed E-state index contributed by atoms with van der Waals surface area (Å²) in [6, 6.07) is 13.2. The second-order valence-corrected chi connectivity index (χ2v) is 16.7. The van der Waals surface area contributed by atoms with Gasteiger partial charge >= 0.3 is 0 Å². The van der Waals surface area contributed by atoms with E-state index >= 15 is 0 Å². The molecule has 0 aliphatic rings. The Bertz CT molecular complexity index is 645. The molecule has 0 saturated carbocycles. The summed E-state index contributed by atoms with van der Waals surface area (Å²) in [5.41, 5.74) is 1.33. The lowest BCUT2D eigenvalue weighted by molar-refractivity contribution is 0.481. The van der Waals surface area contributed by atoms with E-state index in [0.717, 1.165) is 18.2 Å². The quantitative estimate of drug-likeness (QED) is 0.704. The monoisotopic (exact) mass is 332 g/mol. The number of phenols is 1.